The Labute approximate surface area is 246 Å². The molecule has 0 saturated carbocycles. The van der Waals surface area contributed by atoms with E-state index in [2.05, 4.69) is 60.7 Å². The number of rotatable bonds is 6. The average molecular weight is 543 g/mol. The first-order valence-corrected chi connectivity index (χ1v) is 14.2. The van der Waals surface area contributed by atoms with Crippen LogP contribution in [0.5, 0.6) is 0 Å². The van der Waals surface area contributed by atoms with Crippen LogP contribution in [0.1, 0.15) is 27.8 Å². The zero-order valence-corrected chi connectivity index (χ0v) is 23.1. The van der Waals surface area contributed by atoms with Crippen LogP contribution in [0, 0.1) is 0 Å². The fraction of sp³-hybridized carbons (Fsp3) is 0.0513. The van der Waals surface area contributed by atoms with Crippen LogP contribution in [-0.2, 0) is 15.9 Å². The maximum Gasteiger partial charge on any atom is 0.257 e. The topological polar surface area (TPSA) is 46.3 Å². The van der Waals surface area contributed by atoms with Gasteiger partial charge in [0.25, 0.3) is 5.91 Å². The van der Waals surface area contributed by atoms with Crippen LogP contribution >= 0.6 is 0 Å². The Bertz CT molecular complexity index is 1740. The molecule has 0 saturated heterocycles. The van der Waals surface area contributed by atoms with E-state index in [0.717, 1.165) is 44.6 Å². The molecule has 6 aromatic rings. The van der Waals surface area contributed by atoms with Gasteiger partial charge >= 0.3 is 0 Å². The number of nitrogens with zero attached hydrogens (tertiary/aromatic N) is 1. The minimum absolute atomic E-state index is 0.173. The zero-order chi connectivity index (χ0) is 28.6. The molecule has 0 unspecified atom stereocenters. The van der Waals surface area contributed by atoms with Gasteiger partial charge < -0.3 is 5.73 Å². The maximum absolute atomic E-state index is 15.2. The second-order valence-electron chi connectivity index (χ2n) is 10.7. The highest BCUT2D eigenvalue weighted by atomic mass is 16.2. The summed E-state index contributed by atoms with van der Waals surface area (Å²) in [5.41, 5.74) is 12.5. The number of fused-ring (bicyclic) bond motifs is 1. The Balaban J connectivity index is 1.49. The highest BCUT2D eigenvalue weighted by molar-refractivity contribution is 6.12. The predicted molar refractivity (Wildman–Crippen MR) is 170 cm³/mol. The molecule has 1 heterocycles. The minimum atomic E-state index is -1.38. The Morgan fingerprint density at radius 1 is 0.476 bits per heavy atom. The van der Waals surface area contributed by atoms with Gasteiger partial charge in [-0.1, -0.05) is 164 Å². The Kier molecular flexibility index (Phi) is 6.30. The van der Waals surface area contributed by atoms with E-state index < -0.39 is 11.1 Å². The van der Waals surface area contributed by atoms with Gasteiger partial charge in [0.1, 0.15) is 11.1 Å². The highest BCUT2D eigenvalue weighted by Gasteiger charge is 2.57. The Morgan fingerprint density at radius 3 is 1.38 bits per heavy atom. The van der Waals surface area contributed by atoms with Crippen LogP contribution in [0.4, 0.5) is 5.69 Å². The van der Waals surface area contributed by atoms with Crippen molar-refractivity contribution in [3.05, 3.63) is 198 Å². The predicted octanol–water partition coefficient (Wildman–Crippen LogP) is 7.89. The summed E-state index contributed by atoms with van der Waals surface area (Å²) in [6, 6.07) is 57.0. The van der Waals surface area contributed by atoms with Gasteiger partial charge in [-0.2, -0.15) is 0 Å². The molecule has 3 nitrogen and oxygen atoms in total. The lowest BCUT2D eigenvalue weighted by atomic mass is 9.75. The molecule has 7 rings (SSSR count). The number of amides is 1. The molecule has 1 atom stereocenters. The van der Waals surface area contributed by atoms with Crippen molar-refractivity contribution in [3.63, 3.8) is 0 Å². The number of nitrogens with two attached hydrogens (primary N) is 1. The average Bonchev–Trinajstić information content (AvgIpc) is 3.31. The number of hydrogen-bond donors (Lipinski definition) is 1. The number of anilines is 1. The van der Waals surface area contributed by atoms with Crippen molar-refractivity contribution < 1.29 is 4.79 Å². The van der Waals surface area contributed by atoms with E-state index in [0.29, 0.717) is 0 Å². The largest absolute Gasteiger partial charge is 0.310 e. The normalized spacial score (nSPS) is 16.3. The lowest BCUT2D eigenvalue weighted by Gasteiger charge is -2.44. The maximum atomic E-state index is 15.2. The van der Waals surface area contributed by atoms with Crippen molar-refractivity contribution in [2.24, 2.45) is 5.73 Å². The van der Waals surface area contributed by atoms with E-state index in [9.17, 15) is 0 Å². The summed E-state index contributed by atoms with van der Waals surface area (Å²) >= 11 is 0. The van der Waals surface area contributed by atoms with Crippen LogP contribution in [0.15, 0.2) is 170 Å². The third-order valence-electron chi connectivity index (χ3n) is 8.47. The van der Waals surface area contributed by atoms with Crippen molar-refractivity contribution in [2.45, 2.75) is 11.1 Å². The fourth-order valence-corrected chi connectivity index (χ4v) is 6.50. The molecule has 1 aliphatic rings. The molecule has 0 aromatic heterocycles. The van der Waals surface area contributed by atoms with Gasteiger partial charge in [0, 0.05) is 5.56 Å². The first-order chi connectivity index (χ1) is 20.6. The first-order valence-electron chi connectivity index (χ1n) is 14.2. The van der Waals surface area contributed by atoms with Crippen molar-refractivity contribution in [2.75, 3.05) is 4.90 Å². The van der Waals surface area contributed by atoms with Gasteiger partial charge in [-0.15, -0.1) is 0 Å². The van der Waals surface area contributed by atoms with Crippen LogP contribution < -0.4 is 10.6 Å². The molecule has 2 N–H and O–H groups in total. The summed E-state index contributed by atoms with van der Waals surface area (Å²) in [5, 5.41) is 0. The molecule has 0 bridgehead atoms. The summed E-state index contributed by atoms with van der Waals surface area (Å²) in [7, 11) is 0. The molecule has 3 heteroatoms. The van der Waals surface area contributed by atoms with E-state index in [4.69, 9.17) is 5.73 Å². The van der Waals surface area contributed by atoms with E-state index in [1.165, 1.54) is 0 Å². The number of para-hydroxylation sites is 1. The third-order valence-corrected chi connectivity index (χ3v) is 8.47. The van der Waals surface area contributed by atoms with E-state index in [1.54, 1.807) is 0 Å². The van der Waals surface area contributed by atoms with Gasteiger partial charge in [-0.05, 0) is 39.4 Å². The van der Waals surface area contributed by atoms with E-state index in [-0.39, 0.29) is 5.91 Å². The number of benzene rings is 6. The van der Waals surface area contributed by atoms with Crippen molar-refractivity contribution >= 4 is 11.6 Å². The van der Waals surface area contributed by atoms with Crippen LogP contribution in [-0.4, -0.2) is 5.91 Å². The smallest absolute Gasteiger partial charge is 0.257 e. The minimum Gasteiger partial charge on any atom is -0.310 e. The first kappa shape index (κ1) is 25.7. The molecule has 0 fully saturated rings. The molecular formula is C39H30N2O. The molecule has 1 amide bonds. The monoisotopic (exact) mass is 542 g/mol. The van der Waals surface area contributed by atoms with E-state index in [1.807, 2.05) is 114 Å². The molecule has 0 aliphatic carbocycles. The number of hydrogen-bond acceptors (Lipinski definition) is 2. The van der Waals surface area contributed by atoms with Gasteiger partial charge in [-0.25, -0.2) is 0 Å². The van der Waals surface area contributed by atoms with Gasteiger partial charge in [-0.3, -0.25) is 9.69 Å². The summed E-state index contributed by atoms with van der Waals surface area (Å²) in [5.74, 6) is -0.173. The number of carbonyl (C=O) groups is 1. The quantitative estimate of drug-likeness (QED) is 0.218. The molecule has 42 heavy (non-hydrogen) atoms. The number of carbonyl (C=O) groups excluding carboxylic acids is 1. The van der Waals surface area contributed by atoms with Crippen LogP contribution in [0.3, 0.4) is 0 Å². The second kappa shape index (κ2) is 10.3. The molecular weight excluding hydrogens is 512 g/mol. The van der Waals surface area contributed by atoms with Gasteiger partial charge in [0.15, 0.2) is 0 Å². The molecule has 0 radical (unpaired) electrons. The summed E-state index contributed by atoms with van der Waals surface area (Å²) < 4.78 is 0. The van der Waals surface area contributed by atoms with Crippen molar-refractivity contribution in [1.29, 1.82) is 0 Å². The Morgan fingerprint density at radius 2 is 0.881 bits per heavy atom. The molecule has 6 aromatic carbocycles. The third kappa shape index (κ3) is 3.82. The van der Waals surface area contributed by atoms with Crippen molar-refractivity contribution in [1.82, 2.24) is 0 Å². The SMILES string of the molecule is N[C@@]1(c2ccc(-c3ccccc3)cc2)C(=O)N(C(c2ccccc2)(c2ccccc2)c2ccccc2)c2ccccc21. The Hall–Kier alpha value is -5.25. The standard InChI is InChI=1S/C39H30N2O/c40-38(31-27-25-30(26-28-31)29-15-5-1-6-16-29)35-23-13-14-24-36(35)41(37(38)42)39(32-17-7-2-8-18-32,33-19-9-3-10-20-33)34-21-11-4-12-22-34/h1-28H,40H2/t38-/m1/s1. The molecule has 1 aliphatic heterocycles. The van der Waals surface area contributed by atoms with Gasteiger partial charge in [0.2, 0.25) is 0 Å². The van der Waals surface area contributed by atoms with E-state index >= 15 is 4.79 Å². The fourth-order valence-electron chi connectivity index (χ4n) is 6.50. The summed E-state index contributed by atoms with van der Waals surface area (Å²) in [6.45, 7) is 0. The summed E-state index contributed by atoms with van der Waals surface area (Å²) in [6.07, 6.45) is 0. The van der Waals surface area contributed by atoms with Crippen LogP contribution in [0.2, 0.25) is 0 Å². The van der Waals surface area contributed by atoms with Crippen LogP contribution in [0.25, 0.3) is 11.1 Å². The lowest BCUT2D eigenvalue weighted by Crippen LogP contribution is -2.56. The van der Waals surface area contributed by atoms with Crippen molar-refractivity contribution in [3.8, 4) is 11.1 Å². The zero-order valence-electron chi connectivity index (χ0n) is 23.1. The molecule has 0 spiro atoms. The lowest BCUT2D eigenvalue weighted by molar-refractivity contribution is -0.122. The summed E-state index contributed by atoms with van der Waals surface area (Å²) in [4.78, 5) is 17.1. The molecule has 202 valence electrons. The highest BCUT2D eigenvalue weighted by Crippen LogP contribution is 2.53. The van der Waals surface area contributed by atoms with Gasteiger partial charge in [0.05, 0.1) is 5.69 Å². The second-order valence-corrected chi connectivity index (χ2v) is 10.7.